The molecule has 1 N–H and O–H groups in total. The Balaban J connectivity index is 1.50. The van der Waals surface area contributed by atoms with E-state index in [1.165, 1.54) is 0 Å². The van der Waals surface area contributed by atoms with Gasteiger partial charge in [-0.3, -0.25) is 4.79 Å². The molecule has 2 aromatic carbocycles. The second-order valence-electron chi connectivity index (χ2n) is 6.72. The number of rotatable bonds is 6. The molecule has 0 aliphatic carbocycles. The van der Waals surface area contributed by atoms with Crippen LogP contribution in [0.25, 0.3) is 0 Å². The van der Waals surface area contributed by atoms with Crippen molar-refractivity contribution in [3.63, 3.8) is 0 Å². The summed E-state index contributed by atoms with van der Waals surface area (Å²) in [6, 6.07) is 15.0. The van der Waals surface area contributed by atoms with Crippen molar-refractivity contribution in [2.24, 2.45) is 0 Å². The van der Waals surface area contributed by atoms with Gasteiger partial charge in [0.05, 0.1) is 19.3 Å². The fraction of sp³-hybridized carbons (Fsp3) is 0.381. The number of anilines is 2. The van der Waals surface area contributed by atoms with E-state index in [9.17, 15) is 4.79 Å². The van der Waals surface area contributed by atoms with E-state index in [0.717, 1.165) is 30.2 Å². The third-order valence-electron chi connectivity index (χ3n) is 4.37. The SMILES string of the molecule is COc1ccc(OCC(=O)Nc2ccc(N3CC(C)OC(C)C3)cc2)cc1. The molecular weight excluding hydrogens is 344 g/mol. The Morgan fingerprint density at radius 1 is 1.04 bits per heavy atom. The maximum Gasteiger partial charge on any atom is 0.262 e. The van der Waals surface area contributed by atoms with E-state index in [1.54, 1.807) is 31.4 Å². The standard InChI is InChI=1S/C21H26N2O4/c1-15-12-23(13-16(2)27-15)18-6-4-17(5-7-18)22-21(24)14-26-20-10-8-19(25-3)9-11-20/h4-11,15-16H,12-14H2,1-3H3,(H,22,24). The number of morpholine rings is 1. The molecule has 1 heterocycles. The Kier molecular flexibility index (Phi) is 6.19. The van der Waals surface area contributed by atoms with Crippen molar-refractivity contribution in [3.8, 4) is 11.5 Å². The highest BCUT2D eigenvalue weighted by Gasteiger charge is 2.22. The van der Waals surface area contributed by atoms with Crippen molar-refractivity contribution >= 4 is 17.3 Å². The van der Waals surface area contributed by atoms with Crippen LogP contribution in [0.2, 0.25) is 0 Å². The Hall–Kier alpha value is -2.73. The van der Waals surface area contributed by atoms with Gasteiger partial charge in [0.1, 0.15) is 11.5 Å². The van der Waals surface area contributed by atoms with E-state index >= 15 is 0 Å². The number of benzene rings is 2. The van der Waals surface area contributed by atoms with Gasteiger partial charge < -0.3 is 24.4 Å². The molecule has 2 aromatic rings. The normalized spacial score (nSPS) is 19.4. The Labute approximate surface area is 160 Å². The highest BCUT2D eigenvalue weighted by molar-refractivity contribution is 5.92. The summed E-state index contributed by atoms with van der Waals surface area (Å²) in [5, 5.41) is 2.85. The Morgan fingerprint density at radius 2 is 1.63 bits per heavy atom. The van der Waals surface area contributed by atoms with Gasteiger partial charge in [-0.15, -0.1) is 0 Å². The van der Waals surface area contributed by atoms with E-state index in [4.69, 9.17) is 14.2 Å². The number of nitrogens with zero attached hydrogens (tertiary/aromatic N) is 1. The maximum absolute atomic E-state index is 12.1. The number of ether oxygens (including phenoxy) is 3. The van der Waals surface area contributed by atoms with Crippen LogP contribution in [-0.4, -0.2) is 44.9 Å². The fourth-order valence-electron chi connectivity index (χ4n) is 3.16. The molecule has 1 saturated heterocycles. The highest BCUT2D eigenvalue weighted by Crippen LogP contribution is 2.22. The lowest BCUT2D eigenvalue weighted by Gasteiger charge is -2.36. The largest absolute Gasteiger partial charge is 0.497 e. The average Bonchev–Trinajstić information content (AvgIpc) is 2.66. The minimum Gasteiger partial charge on any atom is -0.497 e. The molecule has 144 valence electrons. The van der Waals surface area contributed by atoms with Gasteiger partial charge in [0.25, 0.3) is 5.91 Å². The van der Waals surface area contributed by atoms with Gasteiger partial charge in [0, 0.05) is 24.5 Å². The lowest BCUT2D eigenvalue weighted by atomic mass is 10.2. The van der Waals surface area contributed by atoms with Crippen molar-refractivity contribution in [1.82, 2.24) is 0 Å². The molecule has 6 heteroatoms. The minimum absolute atomic E-state index is 0.0490. The smallest absolute Gasteiger partial charge is 0.262 e. The van der Waals surface area contributed by atoms with Crippen molar-refractivity contribution in [2.45, 2.75) is 26.1 Å². The lowest BCUT2D eigenvalue weighted by molar-refractivity contribution is -0.118. The van der Waals surface area contributed by atoms with Gasteiger partial charge in [-0.2, -0.15) is 0 Å². The summed E-state index contributed by atoms with van der Waals surface area (Å²) in [5.41, 5.74) is 1.88. The first-order valence-electron chi connectivity index (χ1n) is 9.10. The quantitative estimate of drug-likeness (QED) is 0.845. The van der Waals surface area contributed by atoms with E-state index in [0.29, 0.717) is 5.75 Å². The summed E-state index contributed by atoms with van der Waals surface area (Å²) in [5.74, 6) is 1.17. The average molecular weight is 370 g/mol. The van der Waals surface area contributed by atoms with Crippen molar-refractivity contribution in [3.05, 3.63) is 48.5 Å². The topological polar surface area (TPSA) is 60.0 Å². The molecule has 2 unspecified atom stereocenters. The van der Waals surface area contributed by atoms with E-state index in [1.807, 2.05) is 24.3 Å². The number of methoxy groups -OCH3 is 1. The van der Waals surface area contributed by atoms with Gasteiger partial charge in [0.15, 0.2) is 6.61 Å². The molecule has 0 radical (unpaired) electrons. The summed E-state index contributed by atoms with van der Waals surface area (Å²) in [7, 11) is 1.61. The molecule has 0 saturated carbocycles. The van der Waals surface area contributed by atoms with Crippen LogP contribution in [0, 0.1) is 0 Å². The zero-order valence-corrected chi connectivity index (χ0v) is 16.0. The third-order valence-corrected chi connectivity index (χ3v) is 4.37. The van der Waals surface area contributed by atoms with Gasteiger partial charge >= 0.3 is 0 Å². The summed E-state index contributed by atoms with van der Waals surface area (Å²) < 4.78 is 16.4. The number of amides is 1. The summed E-state index contributed by atoms with van der Waals surface area (Å²) >= 11 is 0. The van der Waals surface area contributed by atoms with Crippen LogP contribution >= 0.6 is 0 Å². The van der Waals surface area contributed by atoms with Gasteiger partial charge in [-0.25, -0.2) is 0 Å². The minimum atomic E-state index is -0.202. The van der Waals surface area contributed by atoms with Gasteiger partial charge in [0.2, 0.25) is 0 Å². The zero-order valence-electron chi connectivity index (χ0n) is 16.0. The van der Waals surface area contributed by atoms with Crippen molar-refractivity contribution < 1.29 is 19.0 Å². The molecule has 27 heavy (non-hydrogen) atoms. The molecular formula is C21H26N2O4. The van der Waals surface area contributed by atoms with Crippen LogP contribution in [0.15, 0.2) is 48.5 Å². The molecule has 0 bridgehead atoms. The molecule has 3 rings (SSSR count). The number of hydrogen-bond acceptors (Lipinski definition) is 5. The molecule has 1 fully saturated rings. The van der Waals surface area contributed by atoms with Crippen LogP contribution in [0.5, 0.6) is 11.5 Å². The molecule has 6 nitrogen and oxygen atoms in total. The summed E-state index contributed by atoms with van der Waals surface area (Å²) in [4.78, 5) is 14.4. The lowest BCUT2D eigenvalue weighted by Crippen LogP contribution is -2.45. The van der Waals surface area contributed by atoms with Crippen LogP contribution < -0.4 is 19.7 Å². The van der Waals surface area contributed by atoms with E-state index < -0.39 is 0 Å². The molecule has 1 amide bonds. The van der Waals surface area contributed by atoms with Gasteiger partial charge in [-0.1, -0.05) is 0 Å². The number of carbonyl (C=O) groups is 1. The number of nitrogens with one attached hydrogen (secondary N) is 1. The van der Waals surface area contributed by atoms with E-state index in [2.05, 4.69) is 24.1 Å². The number of hydrogen-bond donors (Lipinski definition) is 1. The fourth-order valence-corrected chi connectivity index (χ4v) is 3.16. The third kappa shape index (κ3) is 5.37. The molecule has 1 aliphatic rings. The molecule has 0 aromatic heterocycles. The van der Waals surface area contributed by atoms with Gasteiger partial charge in [-0.05, 0) is 62.4 Å². The second kappa shape index (κ2) is 8.77. The van der Waals surface area contributed by atoms with Crippen LogP contribution in [-0.2, 0) is 9.53 Å². The monoisotopic (exact) mass is 370 g/mol. The highest BCUT2D eigenvalue weighted by atomic mass is 16.5. The molecule has 1 aliphatic heterocycles. The first kappa shape index (κ1) is 19.0. The predicted octanol–water partition coefficient (Wildman–Crippen LogP) is 3.33. The van der Waals surface area contributed by atoms with E-state index in [-0.39, 0.29) is 24.7 Å². The number of carbonyl (C=O) groups excluding carboxylic acids is 1. The summed E-state index contributed by atoms with van der Waals surface area (Å²) in [6.07, 6.45) is 0.423. The summed E-state index contributed by atoms with van der Waals surface area (Å²) in [6.45, 7) is 5.85. The predicted molar refractivity (Wildman–Crippen MR) is 106 cm³/mol. The van der Waals surface area contributed by atoms with Crippen LogP contribution in [0.3, 0.4) is 0 Å². The second-order valence-corrected chi connectivity index (χ2v) is 6.72. The zero-order chi connectivity index (χ0) is 19.2. The first-order valence-corrected chi connectivity index (χ1v) is 9.10. The molecule has 2 atom stereocenters. The molecule has 0 spiro atoms. The maximum atomic E-state index is 12.1. The van der Waals surface area contributed by atoms with Crippen LogP contribution in [0.4, 0.5) is 11.4 Å². The first-order chi connectivity index (χ1) is 13.0. The Morgan fingerprint density at radius 3 is 2.22 bits per heavy atom. The van der Waals surface area contributed by atoms with Crippen molar-refractivity contribution in [2.75, 3.05) is 37.0 Å². The van der Waals surface area contributed by atoms with Crippen LogP contribution in [0.1, 0.15) is 13.8 Å². The Bertz CT molecular complexity index is 736. The van der Waals surface area contributed by atoms with Crippen molar-refractivity contribution in [1.29, 1.82) is 0 Å².